The molecule has 7 nitrogen and oxygen atoms in total. The number of fused-ring (bicyclic) bond motifs is 2. The maximum Gasteiger partial charge on any atom is 0.266 e. The molecule has 3 aromatic rings. The van der Waals surface area contributed by atoms with E-state index in [0.717, 1.165) is 68.8 Å². The van der Waals surface area contributed by atoms with Gasteiger partial charge in [-0.1, -0.05) is 6.42 Å². The number of piperidine rings is 1. The van der Waals surface area contributed by atoms with Crippen LogP contribution >= 0.6 is 11.3 Å². The van der Waals surface area contributed by atoms with E-state index in [2.05, 4.69) is 15.2 Å². The van der Waals surface area contributed by atoms with Crippen LogP contribution in [0.5, 0.6) is 0 Å². The van der Waals surface area contributed by atoms with E-state index in [1.807, 2.05) is 23.6 Å². The van der Waals surface area contributed by atoms with E-state index in [-0.39, 0.29) is 11.5 Å². The van der Waals surface area contributed by atoms with Crippen molar-refractivity contribution in [3.8, 4) is 0 Å². The van der Waals surface area contributed by atoms with Crippen LogP contribution in [0.1, 0.15) is 59.6 Å². The molecule has 0 radical (unpaired) electrons. The smallest absolute Gasteiger partial charge is 0.266 e. The van der Waals surface area contributed by atoms with Crippen molar-refractivity contribution in [1.82, 2.24) is 14.5 Å². The molecule has 8 heteroatoms. The van der Waals surface area contributed by atoms with E-state index in [4.69, 9.17) is 4.98 Å². The van der Waals surface area contributed by atoms with Crippen LogP contribution in [-0.2, 0) is 13.0 Å². The highest BCUT2D eigenvalue weighted by atomic mass is 32.1. The molecule has 1 saturated heterocycles. The molecule has 2 aliphatic rings. The van der Waals surface area contributed by atoms with Crippen molar-refractivity contribution in [2.45, 2.75) is 58.4 Å². The zero-order valence-corrected chi connectivity index (χ0v) is 18.6. The molecule has 0 bridgehead atoms. The van der Waals surface area contributed by atoms with Crippen molar-refractivity contribution in [2.75, 3.05) is 23.3 Å². The maximum atomic E-state index is 13.2. The predicted octanol–water partition coefficient (Wildman–Crippen LogP) is 4.13. The Hall–Kier alpha value is -2.74. The topological polar surface area (TPSA) is 80.1 Å². The minimum atomic E-state index is -0.202. The van der Waals surface area contributed by atoms with Gasteiger partial charge in [-0.05, 0) is 56.7 Å². The summed E-state index contributed by atoms with van der Waals surface area (Å²) in [6.45, 7) is 4.47. The number of amides is 1. The minimum absolute atomic E-state index is 0.00918. The summed E-state index contributed by atoms with van der Waals surface area (Å²) in [6, 6.07) is 3.73. The van der Waals surface area contributed by atoms with Crippen molar-refractivity contribution in [3.05, 3.63) is 44.9 Å². The molecule has 3 aromatic heterocycles. The van der Waals surface area contributed by atoms with Gasteiger partial charge in [-0.3, -0.25) is 14.2 Å². The second kappa shape index (κ2) is 8.42. The summed E-state index contributed by atoms with van der Waals surface area (Å²) >= 11 is 1.32. The number of aryl methyl sites for hydroxylation is 2. The van der Waals surface area contributed by atoms with Crippen molar-refractivity contribution < 1.29 is 4.79 Å². The van der Waals surface area contributed by atoms with Crippen molar-refractivity contribution in [1.29, 1.82) is 0 Å². The van der Waals surface area contributed by atoms with Gasteiger partial charge in [0.15, 0.2) is 5.82 Å². The Bertz CT molecular complexity index is 1190. The Balaban J connectivity index is 1.49. The molecule has 162 valence electrons. The number of rotatable bonds is 3. The first-order valence-electron chi connectivity index (χ1n) is 11.2. The summed E-state index contributed by atoms with van der Waals surface area (Å²) in [5, 5.41) is 3.64. The molecule has 5 heterocycles. The highest BCUT2D eigenvalue weighted by Crippen LogP contribution is 2.31. The van der Waals surface area contributed by atoms with Crippen LogP contribution < -0.4 is 15.8 Å². The molecule has 0 atom stereocenters. The largest absolute Gasteiger partial charge is 0.355 e. The highest BCUT2D eigenvalue weighted by molar-refractivity contribution is 7.20. The van der Waals surface area contributed by atoms with Crippen LogP contribution in [0.15, 0.2) is 23.1 Å². The van der Waals surface area contributed by atoms with Gasteiger partial charge in [0, 0.05) is 32.3 Å². The third kappa shape index (κ3) is 3.73. The van der Waals surface area contributed by atoms with Crippen LogP contribution in [0.3, 0.4) is 0 Å². The zero-order valence-electron chi connectivity index (χ0n) is 17.8. The summed E-state index contributed by atoms with van der Waals surface area (Å²) in [5.74, 6) is 1.47. The predicted molar refractivity (Wildman–Crippen MR) is 124 cm³/mol. The lowest BCUT2D eigenvalue weighted by Crippen LogP contribution is -2.31. The lowest BCUT2D eigenvalue weighted by atomic mass is 10.1. The lowest BCUT2D eigenvalue weighted by molar-refractivity contribution is 0.103. The number of nitrogens with zero attached hydrogens (tertiary/aromatic N) is 4. The van der Waals surface area contributed by atoms with E-state index in [0.29, 0.717) is 27.3 Å². The molecule has 1 amide bonds. The number of aromatic nitrogens is 3. The van der Waals surface area contributed by atoms with Crippen molar-refractivity contribution >= 4 is 39.0 Å². The van der Waals surface area contributed by atoms with Crippen molar-refractivity contribution in [2.24, 2.45) is 0 Å². The molecule has 0 aromatic carbocycles. The number of hydrogen-bond acceptors (Lipinski definition) is 6. The number of pyridine rings is 1. The van der Waals surface area contributed by atoms with Gasteiger partial charge in [0.1, 0.15) is 10.7 Å². The second-order valence-corrected chi connectivity index (χ2v) is 9.41. The molecular weight excluding hydrogens is 410 g/mol. The Labute approximate surface area is 185 Å². The van der Waals surface area contributed by atoms with Crippen LogP contribution in [0, 0.1) is 6.92 Å². The molecular formula is C23H27N5O2S. The third-order valence-electron chi connectivity index (χ3n) is 6.31. The molecule has 31 heavy (non-hydrogen) atoms. The first-order valence-corrected chi connectivity index (χ1v) is 12.0. The maximum absolute atomic E-state index is 13.2. The fourth-order valence-corrected chi connectivity index (χ4v) is 5.74. The number of anilines is 2. The van der Waals surface area contributed by atoms with Crippen LogP contribution in [0.4, 0.5) is 11.5 Å². The summed E-state index contributed by atoms with van der Waals surface area (Å²) in [5.41, 5.74) is 1.43. The monoisotopic (exact) mass is 437 g/mol. The highest BCUT2D eigenvalue weighted by Gasteiger charge is 2.24. The minimum Gasteiger partial charge on any atom is -0.355 e. The second-order valence-electron chi connectivity index (χ2n) is 8.41. The number of nitrogens with one attached hydrogen (secondary N) is 1. The number of thiophene rings is 1. The molecule has 1 N–H and O–H groups in total. The molecule has 5 rings (SSSR count). The first-order chi connectivity index (χ1) is 15.1. The Morgan fingerprint density at radius 3 is 2.71 bits per heavy atom. The van der Waals surface area contributed by atoms with Crippen molar-refractivity contribution in [3.63, 3.8) is 0 Å². The number of carbonyl (C=O) groups excluding carboxylic acids is 1. The summed E-state index contributed by atoms with van der Waals surface area (Å²) in [6.07, 6.45) is 9.26. The summed E-state index contributed by atoms with van der Waals surface area (Å²) < 4.78 is 1.81. The normalized spacial score (nSPS) is 16.7. The zero-order chi connectivity index (χ0) is 21.4. The average molecular weight is 438 g/mol. The van der Waals surface area contributed by atoms with E-state index in [1.165, 1.54) is 17.8 Å². The fraction of sp³-hybridized carbons (Fsp3) is 0.478. The van der Waals surface area contributed by atoms with Gasteiger partial charge in [0.2, 0.25) is 0 Å². The third-order valence-corrected chi connectivity index (χ3v) is 7.49. The van der Waals surface area contributed by atoms with E-state index in [9.17, 15) is 9.59 Å². The van der Waals surface area contributed by atoms with Gasteiger partial charge in [-0.15, -0.1) is 11.3 Å². The number of carbonyl (C=O) groups is 1. The molecule has 2 aliphatic heterocycles. The Morgan fingerprint density at radius 1 is 1.10 bits per heavy atom. The van der Waals surface area contributed by atoms with Crippen LogP contribution in [0.2, 0.25) is 0 Å². The molecule has 0 spiro atoms. The summed E-state index contributed by atoms with van der Waals surface area (Å²) in [7, 11) is 0. The van der Waals surface area contributed by atoms with Gasteiger partial charge >= 0.3 is 0 Å². The molecule has 0 saturated carbocycles. The van der Waals surface area contributed by atoms with E-state index < -0.39 is 0 Å². The summed E-state index contributed by atoms with van der Waals surface area (Å²) in [4.78, 5) is 39.2. The first kappa shape index (κ1) is 20.2. The van der Waals surface area contributed by atoms with E-state index in [1.54, 1.807) is 6.20 Å². The van der Waals surface area contributed by atoms with Gasteiger partial charge in [0.05, 0.1) is 16.0 Å². The van der Waals surface area contributed by atoms with Crippen LogP contribution in [-0.4, -0.2) is 33.5 Å². The number of hydrogen-bond donors (Lipinski definition) is 1. The SMILES string of the molecule is Cc1c(C(=O)Nc2cccnc2N2CCCCC2)sc2nc3n(c(=O)c12)CCCCC3. The lowest BCUT2D eigenvalue weighted by Gasteiger charge is -2.29. The van der Waals surface area contributed by atoms with Gasteiger partial charge in [-0.25, -0.2) is 9.97 Å². The van der Waals surface area contributed by atoms with Gasteiger partial charge in [-0.2, -0.15) is 0 Å². The van der Waals surface area contributed by atoms with Gasteiger partial charge in [0.25, 0.3) is 11.5 Å². The molecule has 0 aliphatic carbocycles. The average Bonchev–Trinajstić information content (AvgIpc) is 2.95. The fourth-order valence-electron chi connectivity index (χ4n) is 4.66. The molecule has 0 unspecified atom stereocenters. The van der Waals surface area contributed by atoms with Crippen LogP contribution in [0.25, 0.3) is 10.2 Å². The Kier molecular flexibility index (Phi) is 5.48. The van der Waals surface area contributed by atoms with E-state index >= 15 is 0 Å². The molecule has 1 fully saturated rings. The Morgan fingerprint density at radius 2 is 1.87 bits per heavy atom. The van der Waals surface area contributed by atoms with Gasteiger partial charge < -0.3 is 10.2 Å². The quantitative estimate of drug-likeness (QED) is 0.666. The standard InChI is InChI=1S/C23H27N5O2S/c1-15-18-22(26-17-10-4-2-7-14-28(17)23(18)30)31-19(15)21(29)25-16-9-8-11-24-20(16)27-12-5-3-6-13-27/h8-9,11H,2-7,10,12-14H2,1H3,(H,25,29).